The fourth-order valence-electron chi connectivity index (χ4n) is 3.76. The first-order chi connectivity index (χ1) is 17.0. The van der Waals surface area contributed by atoms with E-state index >= 15 is 0 Å². The molecule has 0 aliphatic carbocycles. The Kier molecular flexibility index (Phi) is 8.25. The number of ether oxygens (including phenoxy) is 1. The summed E-state index contributed by atoms with van der Waals surface area (Å²) in [6.07, 6.45) is 1.41. The number of imidazole rings is 1. The second kappa shape index (κ2) is 10.9. The molecule has 1 amide bonds. The Morgan fingerprint density at radius 1 is 1.28 bits per heavy atom. The number of fused-ring (bicyclic) bond motifs is 1. The van der Waals surface area contributed by atoms with Gasteiger partial charge in [-0.1, -0.05) is 39.0 Å². The van der Waals surface area contributed by atoms with E-state index in [0.29, 0.717) is 29.0 Å². The van der Waals surface area contributed by atoms with Crippen LogP contribution in [0.25, 0.3) is 11.2 Å². The van der Waals surface area contributed by atoms with Crippen molar-refractivity contribution in [1.82, 2.24) is 19.5 Å². The highest BCUT2D eigenvalue weighted by atomic mass is 32.9. The minimum Gasteiger partial charge on any atom is -0.441 e. The number of nitrogens with one attached hydrogen (secondary N) is 1. The molecule has 1 fully saturated rings. The molecule has 2 aromatic heterocycles. The summed E-state index contributed by atoms with van der Waals surface area (Å²) >= 11 is 10.2. The predicted molar refractivity (Wildman–Crippen MR) is 148 cm³/mol. The van der Waals surface area contributed by atoms with E-state index in [1.54, 1.807) is 30.6 Å². The van der Waals surface area contributed by atoms with Crippen LogP contribution in [0.1, 0.15) is 43.8 Å². The van der Waals surface area contributed by atoms with E-state index in [4.69, 9.17) is 37.7 Å². The van der Waals surface area contributed by atoms with E-state index in [0.717, 1.165) is 0 Å². The number of anilines is 1. The van der Waals surface area contributed by atoms with E-state index < -0.39 is 14.4 Å². The number of hydrogen-bond donors (Lipinski definition) is 1. The Bertz CT molecular complexity index is 1250. The fraction of sp³-hybridized carbons (Fsp3) is 0.478. The Morgan fingerprint density at radius 2 is 2.00 bits per heavy atom. The molecular formula is C23H30N5O4PS2Si. The molecule has 0 bridgehead atoms. The number of benzene rings is 1. The minimum atomic E-state index is -2.08. The fourth-order valence-corrected chi connectivity index (χ4v) is 5.75. The lowest BCUT2D eigenvalue weighted by Crippen LogP contribution is -2.46. The molecule has 1 aromatic carbocycles. The summed E-state index contributed by atoms with van der Waals surface area (Å²) in [6.45, 7) is 11.3. The summed E-state index contributed by atoms with van der Waals surface area (Å²) in [5.74, 6) is 0.0639. The summed E-state index contributed by atoms with van der Waals surface area (Å²) in [6, 6.07) is 8.94. The molecule has 0 spiro atoms. The lowest BCUT2D eigenvalue weighted by molar-refractivity contribution is -0.0334. The van der Waals surface area contributed by atoms with E-state index in [-0.39, 0.29) is 36.0 Å². The SMILES string of the molecule is CC(C)(C)[Si](C)(C)O[C@H]1C[C@H](n2cnc3c(NC(=O)c4ccccc4)ncnc32)O[C@@H]1CO[P+](=S)[S-]. The number of aromatic nitrogens is 4. The van der Waals surface area contributed by atoms with E-state index in [1.807, 2.05) is 10.6 Å². The Labute approximate surface area is 223 Å². The molecule has 0 radical (unpaired) electrons. The first-order valence-corrected chi connectivity index (χ1v) is 17.8. The van der Waals surface area contributed by atoms with Crippen LogP contribution in [-0.2, 0) is 37.7 Å². The third-order valence-electron chi connectivity index (χ3n) is 6.71. The zero-order valence-corrected chi connectivity index (χ0v) is 24.4. The molecule has 1 N–H and O–H groups in total. The number of hydrogen-bond acceptors (Lipinski definition) is 9. The van der Waals surface area contributed by atoms with Crippen LogP contribution < -0.4 is 5.32 Å². The number of carbonyl (C=O) groups is 1. The molecule has 3 heterocycles. The summed E-state index contributed by atoms with van der Waals surface area (Å²) < 4.78 is 20.6. The zero-order valence-electron chi connectivity index (χ0n) is 20.9. The molecule has 3 aromatic rings. The van der Waals surface area contributed by atoms with Crippen molar-refractivity contribution >= 4 is 61.4 Å². The van der Waals surface area contributed by atoms with Gasteiger partial charge in [0, 0.05) is 12.0 Å². The molecule has 4 rings (SSSR count). The largest absolute Gasteiger partial charge is 0.441 e. The van der Waals surface area contributed by atoms with Crippen molar-refractivity contribution in [2.45, 2.75) is 63.8 Å². The molecule has 4 atom stereocenters. The molecule has 9 nitrogen and oxygen atoms in total. The van der Waals surface area contributed by atoms with Gasteiger partial charge in [0.1, 0.15) is 25.3 Å². The van der Waals surface area contributed by atoms with Gasteiger partial charge in [0.15, 0.2) is 37.1 Å². The summed E-state index contributed by atoms with van der Waals surface area (Å²) in [5.41, 5.74) is 1.56. The van der Waals surface area contributed by atoms with Gasteiger partial charge in [-0.2, -0.15) is 4.52 Å². The van der Waals surface area contributed by atoms with Crippen LogP contribution >= 0.6 is 6.13 Å². The van der Waals surface area contributed by atoms with Gasteiger partial charge in [0.25, 0.3) is 5.91 Å². The quantitative estimate of drug-likeness (QED) is 0.228. The number of carbonyl (C=O) groups excluding carboxylic acids is 1. The summed E-state index contributed by atoms with van der Waals surface area (Å²) in [5, 5.41) is 2.88. The van der Waals surface area contributed by atoms with Crippen LogP contribution in [-0.4, -0.2) is 52.6 Å². The average Bonchev–Trinajstić information content (AvgIpc) is 3.41. The van der Waals surface area contributed by atoms with Gasteiger partial charge in [0.2, 0.25) is 6.13 Å². The molecule has 36 heavy (non-hydrogen) atoms. The number of nitrogens with zero attached hydrogens (tertiary/aromatic N) is 4. The van der Waals surface area contributed by atoms with Crippen molar-refractivity contribution in [2.75, 3.05) is 11.9 Å². The van der Waals surface area contributed by atoms with Crippen molar-refractivity contribution in [3.63, 3.8) is 0 Å². The topological polar surface area (TPSA) is 100 Å². The van der Waals surface area contributed by atoms with Gasteiger partial charge < -0.3 is 26.7 Å². The summed E-state index contributed by atoms with van der Waals surface area (Å²) in [4.78, 5) is 25.8. The Balaban J connectivity index is 1.59. The van der Waals surface area contributed by atoms with Crippen molar-refractivity contribution in [3.8, 4) is 0 Å². The van der Waals surface area contributed by atoms with E-state index in [2.05, 4.69) is 54.1 Å². The molecule has 1 aliphatic heterocycles. The van der Waals surface area contributed by atoms with Crippen molar-refractivity contribution in [2.24, 2.45) is 0 Å². The highest BCUT2D eigenvalue weighted by molar-refractivity contribution is 8.45. The van der Waals surface area contributed by atoms with Crippen LogP contribution in [0.4, 0.5) is 5.82 Å². The van der Waals surface area contributed by atoms with Crippen molar-refractivity contribution in [1.29, 1.82) is 0 Å². The Hall–Kier alpha value is -1.79. The standard InChI is InChI=1S/C23H30N5O4PS2Si/c1-23(2,3)36(4,5)32-16-11-18(31-17(16)12-30-33(34)35)28-14-26-19-20(24-13-25-21(19)28)27-22(29)15-9-7-6-8-10-15/h6-10,13-14,16-18H,11-12H2,1-5H3,(H,24,25,27,29)/t16-,17+,18+/m0/s1. The third kappa shape index (κ3) is 6.02. The molecule has 13 heteroatoms. The van der Waals surface area contributed by atoms with Crippen LogP contribution in [0.5, 0.6) is 0 Å². The number of rotatable bonds is 8. The second-order valence-electron chi connectivity index (χ2n) is 10.2. The lowest BCUT2D eigenvalue weighted by Gasteiger charge is -2.39. The van der Waals surface area contributed by atoms with Gasteiger partial charge in [-0.05, 0) is 30.3 Å². The van der Waals surface area contributed by atoms with Gasteiger partial charge in [-0.3, -0.25) is 9.36 Å². The third-order valence-corrected chi connectivity index (χ3v) is 12.2. The predicted octanol–water partition coefficient (Wildman–Crippen LogP) is 5.09. The highest BCUT2D eigenvalue weighted by Gasteiger charge is 2.45. The first-order valence-electron chi connectivity index (χ1n) is 11.6. The molecular weight excluding hydrogens is 533 g/mol. The monoisotopic (exact) mass is 563 g/mol. The normalized spacial score (nSPS) is 21.1. The molecule has 1 saturated heterocycles. The van der Waals surface area contributed by atoms with Crippen molar-refractivity contribution in [3.05, 3.63) is 48.5 Å². The molecule has 192 valence electrons. The first kappa shape index (κ1) is 27.2. The van der Waals surface area contributed by atoms with Crippen molar-refractivity contribution < 1.29 is 18.5 Å². The van der Waals surface area contributed by atoms with Crippen LogP contribution in [0.15, 0.2) is 43.0 Å². The van der Waals surface area contributed by atoms with Gasteiger partial charge >= 0.3 is 0 Å². The highest BCUT2D eigenvalue weighted by Crippen LogP contribution is 2.42. The van der Waals surface area contributed by atoms with Crippen LogP contribution in [0.3, 0.4) is 0 Å². The minimum absolute atomic E-state index is 0.0416. The molecule has 1 aliphatic rings. The smallest absolute Gasteiger partial charge is 0.256 e. The van der Waals surface area contributed by atoms with Gasteiger partial charge in [-0.25, -0.2) is 15.0 Å². The van der Waals surface area contributed by atoms with E-state index in [1.165, 1.54) is 6.33 Å². The molecule has 1 unspecified atom stereocenters. The van der Waals surface area contributed by atoms with E-state index in [9.17, 15) is 4.79 Å². The zero-order chi connectivity index (χ0) is 26.1. The second-order valence-corrected chi connectivity index (χ2v) is 18.3. The Morgan fingerprint density at radius 3 is 2.67 bits per heavy atom. The van der Waals surface area contributed by atoms with Crippen LogP contribution in [0, 0.1) is 0 Å². The van der Waals surface area contributed by atoms with Gasteiger partial charge in [0.05, 0.1) is 12.4 Å². The average molecular weight is 564 g/mol. The van der Waals surface area contributed by atoms with Gasteiger partial charge in [-0.15, -0.1) is 0 Å². The van der Waals surface area contributed by atoms with Crippen LogP contribution in [0.2, 0.25) is 18.1 Å². The maximum Gasteiger partial charge on any atom is 0.256 e. The summed E-state index contributed by atoms with van der Waals surface area (Å²) in [7, 11) is -2.08. The maximum absolute atomic E-state index is 12.7. The lowest BCUT2D eigenvalue weighted by atomic mass is 10.2. The number of amides is 1. The maximum atomic E-state index is 12.7. The molecule has 0 saturated carbocycles.